The summed E-state index contributed by atoms with van der Waals surface area (Å²) in [5, 5.41) is 29.1. The van der Waals surface area contributed by atoms with Gasteiger partial charge in [0.15, 0.2) is 11.5 Å². The highest BCUT2D eigenvalue weighted by atomic mass is 32.2. The summed E-state index contributed by atoms with van der Waals surface area (Å²) < 4.78 is 23.0. The predicted molar refractivity (Wildman–Crippen MR) is 100.0 cm³/mol. The fraction of sp³-hybridized carbons (Fsp3) is 0.368. The standard InChI is InChI=1S/C19H24N2O4S/c1-2-3-15-14-8-9-21-11-17(16(14)10-18(22)19(15)23)12-4-6-13(7-5-12)26(20,24)25/h4-7,10,17,21-23H,2-3,8-9,11H2,1H3,(H2,20,24,25). The van der Waals surface area contributed by atoms with Gasteiger partial charge in [-0.15, -0.1) is 0 Å². The molecule has 0 aromatic heterocycles. The van der Waals surface area contributed by atoms with Crippen molar-refractivity contribution in [2.75, 3.05) is 13.1 Å². The first-order valence-electron chi connectivity index (χ1n) is 8.73. The summed E-state index contributed by atoms with van der Waals surface area (Å²) in [7, 11) is -3.73. The number of primary sulfonamides is 1. The van der Waals surface area contributed by atoms with E-state index in [-0.39, 0.29) is 22.3 Å². The van der Waals surface area contributed by atoms with Crippen LogP contribution in [0.4, 0.5) is 0 Å². The highest BCUT2D eigenvalue weighted by Crippen LogP contribution is 2.40. The number of benzene rings is 2. The fourth-order valence-corrected chi connectivity index (χ4v) is 4.17. The number of hydrogen-bond donors (Lipinski definition) is 4. The van der Waals surface area contributed by atoms with E-state index in [1.807, 2.05) is 6.92 Å². The van der Waals surface area contributed by atoms with Crippen molar-refractivity contribution in [3.63, 3.8) is 0 Å². The summed E-state index contributed by atoms with van der Waals surface area (Å²) in [6, 6.07) is 8.15. The quantitative estimate of drug-likeness (QED) is 0.610. The molecule has 1 unspecified atom stereocenters. The van der Waals surface area contributed by atoms with E-state index in [0.717, 1.165) is 41.6 Å². The average Bonchev–Trinajstić information content (AvgIpc) is 2.80. The van der Waals surface area contributed by atoms with E-state index in [1.165, 1.54) is 12.1 Å². The van der Waals surface area contributed by atoms with Gasteiger partial charge in [-0.2, -0.15) is 0 Å². The van der Waals surface area contributed by atoms with Gasteiger partial charge in [-0.05, 0) is 54.3 Å². The van der Waals surface area contributed by atoms with E-state index < -0.39 is 10.0 Å². The number of phenols is 2. The lowest BCUT2D eigenvalue weighted by Gasteiger charge is -2.22. The summed E-state index contributed by atoms with van der Waals surface area (Å²) >= 11 is 0. The Labute approximate surface area is 153 Å². The number of rotatable bonds is 4. The lowest BCUT2D eigenvalue weighted by molar-refractivity contribution is 0.397. The number of phenolic OH excluding ortho intramolecular Hbond substituents is 2. The Kier molecular flexibility index (Phi) is 5.22. The van der Waals surface area contributed by atoms with Gasteiger partial charge in [0.2, 0.25) is 10.0 Å². The zero-order chi connectivity index (χ0) is 18.9. The average molecular weight is 376 g/mol. The van der Waals surface area contributed by atoms with Gasteiger partial charge in [-0.25, -0.2) is 13.6 Å². The molecule has 2 aromatic rings. The molecular formula is C19H24N2O4S. The monoisotopic (exact) mass is 376 g/mol. The van der Waals surface area contributed by atoms with Gasteiger partial charge in [0.1, 0.15) is 0 Å². The molecule has 6 nitrogen and oxygen atoms in total. The molecular weight excluding hydrogens is 352 g/mol. The molecule has 0 bridgehead atoms. The molecule has 0 radical (unpaired) electrons. The number of hydrogen-bond acceptors (Lipinski definition) is 5. The van der Waals surface area contributed by atoms with Crippen molar-refractivity contribution in [1.82, 2.24) is 5.32 Å². The molecule has 1 aliphatic heterocycles. The van der Waals surface area contributed by atoms with Crippen LogP contribution in [0.25, 0.3) is 0 Å². The van der Waals surface area contributed by atoms with Crippen LogP contribution >= 0.6 is 0 Å². The van der Waals surface area contributed by atoms with Crippen molar-refractivity contribution in [3.8, 4) is 11.5 Å². The Morgan fingerprint density at radius 1 is 1.23 bits per heavy atom. The first kappa shape index (κ1) is 18.7. The highest BCUT2D eigenvalue weighted by Gasteiger charge is 2.26. The summed E-state index contributed by atoms with van der Waals surface area (Å²) in [6.45, 7) is 3.48. The van der Waals surface area contributed by atoms with Gasteiger partial charge in [0.05, 0.1) is 4.90 Å². The van der Waals surface area contributed by atoms with Crippen molar-refractivity contribution in [1.29, 1.82) is 0 Å². The van der Waals surface area contributed by atoms with Crippen molar-refractivity contribution in [2.45, 2.75) is 37.0 Å². The molecule has 26 heavy (non-hydrogen) atoms. The third-order valence-electron chi connectivity index (χ3n) is 4.92. The molecule has 1 atom stereocenters. The summed E-state index contributed by atoms with van der Waals surface area (Å²) in [4.78, 5) is 0.0725. The van der Waals surface area contributed by atoms with E-state index in [2.05, 4.69) is 5.32 Å². The van der Waals surface area contributed by atoms with Crippen molar-refractivity contribution >= 4 is 10.0 Å². The van der Waals surface area contributed by atoms with Gasteiger partial charge in [0.25, 0.3) is 0 Å². The molecule has 5 N–H and O–H groups in total. The Balaban J connectivity index is 2.11. The van der Waals surface area contributed by atoms with Gasteiger partial charge in [-0.1, -0.05) is 25.5 Å². The van der Waals surface area contributed by atoms with Crippen LogP contribution in [0.15, 0.2) is 35.2 Å². The molecule has 0 spiro atoms. The van der Waals surface area contributed by atoms with Crippen LogP contribution in [-0.4, -0.2) is 31.7 Å². The summed E-state index contributed by atoms with van der Waals surface area (Å²) in [5.74, 6) is -0.194. The van der Waals surface area contributed by atoms with E-state index in [1.54, 1.807) is 18.2 Å². The third kappa shape index (κ3) is 3.56. The topological polar surface area (TPSA) is 113 Å². The minimum atomic E-state index is -3.73. The molecule has 0 aliphatic carbocycles. The van der Waals surface area contributed by atoms with Gasteiger partial charge < -0.3 is 15.5 Å². The van der Waals surface area contributed by atoms with E-state index in [0.29, 0.717) is 13.0 Å². The van der Waals surface area contributed by atoms with Crippen LogP contribution in [0.5, 0.6) is 11.5 Å². The second-order valence-corrected chi connectivity index (χ2v) is 8.22. The molecule has 2 aromatic carbocycles. The number of sulfonamides is 1. The Hall–Kier alpha value is -2.09. The van der Waals surface area contributed by atoms with Crippen LogP contribution < -0.4 is 10.5 Å². The van der Waals surface area contributed by atoms with Gasteiger partial charge in [0, 0.05) is 18.0 Å². The van der Waals surface area contributed by atoms with Crippen LogP contribution in [0.3, 0.4) is 0 Å². The highest BCUT2D eigenvalue weighted by molar-refractivity contribution is 7.89. The molecule has 1 aliphatic rings. The molecule has 3 rings (SSSR count). The Bertz CT molecular complexity index is 908. The maximum absolute atomic E-state index is 11.5. The van der Waals surface area contributed by atoms with Crippen LogP contribution in [-0.2, 0) is 22.9 Å². The number of fused-ring (bicyclic) bond motifs is 1. The molecule has 0 saturated carbocycles. The molecule has 0 amide bonds. The minimum Gasteiger partial charge on any atom is -0.504 e. The zero-order valence-corrected chi connectivity index (χ0v) is 15.5. The molecule has 7 heteroatoms. The molecule has 140 valence electrons. The van der Waals surface area contributed by atoms with Crippen molar-refractivity contribution < 1.29 is 18.6 Å². The smallest absolute Gasteiger partial charge is 0.238 e. The second kappa shape index (κ2) is 7.26. The normalized spacial score (nSPS) is 17.5. The molecule has 1 heterocycles. The van der Waals surface area contributed by atoms with Gasteiger partial charge in [-0.3, -0.25) is 0 Å². The Morgan fingerprint density at radius 2 is 1.92 bits per heavy atom. The van der Waals surface area contributed by atoms with Crippen LogP contribution in [0.2, 0.25) is 0 Å². The summed E-state index contributed by atoms with van der Waals surface area (Å²) in [6.07, 6.45) is 2.33. The SMILES string of the molecule is CCCc1c(O)c(O)cc2c1CCNCC2c1ccc(S(N)(=O)=O)cc1. The predicted octanol–water partition coefficient (Wildman–Crippen LogP) is 1.98. The van der Waals surface area contributed by atoms with Crippen LogP contribution in [0.1, 0.15) is 41.5 Å². The molecule has 0 saturated heterocycles. The minimum absolute atomic E-state index is 0.0316. The lowest BCUT2D eigenvalue weighted by atomic mass is 9.84. The maximum Gasteiger partial charge on any atom is 0.238 e. The lowest BCUT2D eigenvalue weighted by Crippen LogP contribution is -2.21. The third-order valence-corrected chi connectivity index (χ3v) is 5.85. The van der Waals surface area contributed by atoms with Crippen LogP contribution in [0, 0.1) is 0 Å². The van der Waals surface area contributed by atoms with E-state index in [4.69, 9.17) is 5.14 Å². The Morgan fingerprint density at radius 3 is 2.54 bits per heavy atom. The number of aromatic hydroxyl groups is 2. The van der Waals surface area contributed by atoms with Gasteiger partial charge >= 0.3 is 0 Å². The van der Waals surface area contributed by atoms with Crippen molar-refractivity contribution in [3.05, 3.63) is 52.6 Å². The zero-order valence-electron chi connectivity index (χ0n) is 14.7. The first-order valence-corrected chi connectivity index (χ1v) is 10.3. The largest absolute Gasteiger partial charge is 0.504 e. The fourth-order valence-electron chi connectivity index (χ4n) is 3.66. The van der Waals surface area contributed by atoms with E-state index >= 15 is 0 Å². The first-order chi connectivity index (χ1) is 12.3. The molecule has 0 fully saturated rings. The van der Waals surface area contributed by atoms with E-state index in [9.17, 15) is 18.6 Å². The second-order valence-electron chi connectivity index (χ2n) is 6.66. The number of nitrogens with two attached hydrogens (primary N) is 1. The summed E-state index contributed by atoms with van der Waals surface area (Å²) in [5.41, 5.74) is 3.77. The number of nitrogens with one attached hydrogen (secondary N) is 1. The maximum atomic E-state index is 11.5. The van der Waals surface area contributed by atoms with Crippen molar-refractivity contribution in [2.24, 2.45) is 5.14 Å².